The second-order valence-electron chi connectivity index (χ2n) is 5.68. The average Bonchev–Trinajstić information content (AvgIpc) is 2.51. The third kappa shape index (κ3) is 7.77. The number of methoxy groups -OCH3 is 1. The minimum atomic E-state index is -0.192. The van der Waals surface area contributed by atoms with Crippen molar-refractivity contribution in [1.82, 2.24) is 15.5 Å². The van der Waals surface area contributed by atoms with Gasteiger partial charge < -0.3 is 15.4 Å². The molecule has 24 heavy (non-hydrogen) atoms. The van der Waals surface area contributed by atoms with Gasteiger partial charge in [-0.25, -0.2) is 0 Å². The van der Waals surface area contributed by atoms with Crippen LogP contribution in [0.1, 0.15) is 24.9 Å². The molecule has 0 radical (unpaired) electrons. The van der Waals surface area contributed by atoms with Crippen LogP contribution in [-0.4, -0.2) is 57.1 Å². The van der Waals surface area contributed by atoms with Crippen molar-refractivity contribution in [2.45, 2.75) is 19.4 Å². The third-order valence-corrected chi connectivity index (χ3v) is 3.77. The molecule has 0 spiro atoms. The molecular weight excluding hydrogens is 330 g/mol. The molecule has 0 heterocycles. The molecule has 0 aliphatic carbocycles. The molecule has 0 bridgehead atoms. The monoisotopic (exact) mass is 355 g/mol. The van der Waals surface area contributed by atoms with Crippen molar-refractivity contribution < 1.29 is 14.3 Å². The molecule has 0 saturated heterocycles. The molecule has 1 aromatic rings. The van der Waals surface area contributed by atoms with Gasteiger partial charge in [-0.05, 0) is 32.0 Å². The summed E-state index contributed by atoms with van der Waals surface area (Å²) in [6, 6.07) is 7.20. The van der Waals surface area contributed by atoms with Gasteiger partial charge in [0.2, 0.25) is 11.8 Å². The van der Waals surface area contributed by atoms with Gasteiger partial charge in [0.15, 0.2) is 0 Å². The Labute approximate surface area is 148 Å². The van der Waals surface area contributed by atoms with Crippen LogP contribution in [0.25, 0.3) is 0 Å². The van der Waals surface area contributed by atoms with Crippen molar-refractivity contribution in [1.29, 1.82) is 0 Å². The van der Waals surface area contributed by atoms with Gasteiger partial charge in [-0.2, -0.15) is 0 Å². The molecule has 2 amide bonds. The number of nitrogens with zero attached hydrogens (tertiary/aromatic N) is 1. The normalized spacial score (nSPS) is 12.0. The Hall–Kier alpha value is -1.63. The highest BCUT2D eigenvalue weighted by Crippen LogP contribution is 2.21. The third-order valence-electron chi connectivity index (χ3n) is 3.42. The molecule has 0 saturated carbocycles. The minimum Gasteiger partial charge on any atom is -0.385 e. The predicted molar refractivity (Wildman–Crippen MR) is 95.0 cm³/mol. The van der Waals surface area contributed by atoms with Crippen LogP contribution in [0.2, 0.25) is 5.02 Å². The van der Waals surface area contributed by atoms with Crippen LogP contribution in [0.4, 0.5) is 0 Å². The maximum Gasteiger partial charge on any atom is 0.234 e. The number of nitrogens with one attached hydrogen (secondary N) is 2. The second kappa shape index (κ2) is 11.0. The van der Waals surface area contributed by atoms with E-state index in [1.807, 2.05) is 25.1 Å². The van der Waals surface area contributed by atoms with Gasteiger partial charge in [0, 0.05) is 25.3 Å². The van der Waals surface area contributed by atoms with Crippen molar-refractivity contribution in [2.24, 2.45) is 0 Å². The molecule has 6 nitrogen and oxygen atoms in total. The van der Waals surface area contributed by atoms with E-state index in [0.29, 0.717) is 18.2 Å². The summed E-state index contributed by atoms with van der Waals surface area (Å²) < 4.78 is 4.92. The molecule has 134 valence electrons. The molecular formula is C17H26ClN3O3. The first-order valence-electron chi connectivity index (χ1n) is 7.92. The standard InChI is InChI=1S/C17H26ClN3O3/c1-13(14-7-4-5-8-15(14)18)20-17(23)12-21(2)11-16(22)19-9-6-10-24-3/h4-5,7-8,13H,6,9-12H2,1-3H3,(H,19,22)(H,20,23). The van der Waals surface area contributed by atoms with Gasteiger partial charge in [-0.15, -0.1) is 0 Å². The number of likely N-dealkylation sites (N-methyl/N-ethyl adjacent to an activating group) is 1. The minimum absolute atomic E-state index is 0.111. The highest BCUT2D eigenvalue weighted by atomic mass is 35.5. The topological polar surface area (TPSA) is 70.7 Å². The van der Waals surface area contributed by atoms with Crippen molar-refractivity contribution in [3.05, 3.63) is 34.9 Å². The van der Waals surface area contributed by atoms with E-state index in [9.17, 15) is 9.59 Å². The van der Waals surface area contributed by atoms with Crippen molar-refractivity contribution >= 4 is 23.4 Å². The summed E-state index contributed by atoms with van der Waals surface area (Å²) in [7, 11) is 3.35. The van der Waals surface area contributed by atoms with Crippen LogP contribution >= 0.6 is 11.6 Å². The fourth-order valence-electron chi connectivity index (χ4n) is 2.24. The Balaban J connectivity index is 2.33. The zero-order chi connectivity index (χ0) is 17.9. The molecule has 0 fully saturated rings. The van der Waals surface area contributed by atoms with E-state index in [1.165, 1.54) is 0 Å². The number of amides is 2. The zero-order valence-electron chi connectivity index (χ0n) is 14.5. The van der Waals surface area contributed by atoms with Crippen LogP contribution in [0.3, 0.4) is 0 Å². The molecule has 0 aromatic heterocycles. The summed E-state index contributed by atoms with van der Waals surface area (Å²) in [6.07, 6.45) is 0.766. The lowest BCUT2D eigenvalue weighted by molar-refractivity contribution is -0.124. The summed E-state index contributed by atoms with van der Waals surface area (Å²) in [5.74, 6) is -0.266. The van der Waals surface area contributed by atoms with E-state index in [1.54, 1.807) is 25.1 Å². The van der Waals surface area contributed by atoms with E-state index in [4.69, 9.17) is 16.3 Å². The Morgan fingerprint density at radius 3 is 2.58 bits per heavy atom. The quantitative estimate of drug-likeness (QED) is 0.625. The number of ether oxygens (including phenoxy) is 1. The highest BCUT2D eigenvalue weighted by molar-refractivity contribution is 6.31. The Morgan fingerprint density at radius 1 is 1.25 bits per heavy atom. The predicted octanol–water partition coefficient (Wildman–Crippen LogP) is 1.60. The van der Waals surface area contributed by atoms with Crippen LogP contribution in [0, 0.1) is 0 Å². The first kappa shape index (κ1) is 20.4. The molecule has 1 unspecified atom stereocenters. The van der Waals surface area contributed by atoms with Crippen LogP contribution in [0.15, 0.2) is 24.3 Å². The molecule has 2 N–H and O–H groups in total. The lowest BCUT2D eigenvalue weighted by Crippen LogP contribution is -2.41. The van der Waals surface area contributed by atoms with Gasteiger partial charge >= 0.3 is 0 Å². The number of benzene rings is 1. The molecule has 1 atom stereocenters. The first-order chi connectivity index (χ1) is 11.4. The smallest absolute Gasteiger partial charge is 0.234 e. The Kier molecular flexibility index (Phi) is 9.37. The maximum atomic E-state index is 12.1. The second-order valence-corrected chi connectivity index (χ2v) is 6.09. The van der Waals surface area contributed by atoms with Crippen molar-refractivity contribution in [3.63, 3.8) is 0 Å². The number of halogens is 1. The highest BCUT2D eigenvalue weighted by Gasteiger charge is 2.15. The SMILES string of the molecule is COCCCNC(=O)CN(C)CC(=O)NC(C)c1ccccc1Cl. The van der Waals surface area contributed by atoms with Crippen molar-refractivity contribution in [2.75, 3.05) is 40.4 Å². The molecule has 1 aromatic carbocycles. The molecule has 1 rings (SSSR count). The van der Waals surface area contributed by atoms with E-state index in [2.05, 4.69) is 10.6 Å². The van der Waals surface area contributed by atoms with Gasteiger partial charge in [-0.3, -0.25) is 14.5 Å². The lowest BCUT2D eigenvalue weighted by Gasteiger charge is -2.19. The summed E-state index contributed by atoms with van der Waals surface area (Å²) >= 11 is 6.12. The lowest BCUT2D eigenvalue weighted by atomic mass is 10.1. The summed E-state index contributed by atoms with van der Waals surface area (Å²) in [4.78, 5) is 25.5. The summed E-state index contributed by atoms with van der Waals surface area (Å²) in [6.45, 7) is 3.36. The first-order valence-corrected chi connectivity index (χ1v) is 8.29. The summed E-state index contributed by atoms with van der Waals surface area (Å²) in [5.41, 5.74) is 0.867. The molecule has 7 heteroatoms. The van der Waals surface area contributed by atoms with Gasteiger partial charge in [-0.1, -0.05) is 29.8 Å². The largest absolute Gasteiger partial charge is 0.385 e. The summed E-state index contributed by atoms with van der Waals surface area (Å²) in [5, 5.41) is 6.29. The Bertz CT molecular complexity index is 540. The van der Waals surface area contributed by atoms with Gasteiger partial charge in [0.25, 0.3) is 0 Å². The van der Waals surface area contributed by atoms with E-state index < -0.39 is 0 Å². The zero-order valence-corrected chi connectivity index (χ0v) is 15.2. The number of hydrogen-bond acceptors (Lipinski definition) is 4. The molecule has 0 aliphatic heterocycles. The number of carbonyl (C=O) groups is 2. The Morgan fingerprint density at radius 2 is 1.92 bits per heavy atom. The average molecular weight is 356 g/mol. The number of carbonyl (C=O) groups excluding carboxylic acids is 2. The van der Waals surface area contributed by atoms with Crippen molar-refractivity contribution in [3.8, 4) is 0 Å². The maximum absolute atomic E-state index is 12.1. The van der Waals surface area contributed by atoms with Gasteiger partial charge in [0.1, 0.15) is 0 Å². The number of hydrogen-bond donors (Lipinski definition) is 2. The van der Waals surface area contributed by atoms with E-state index in [-0.39, 0.29) is 30.9 Å². The fourth-order valence-corrected chi connectivity index (χ4v) is 2.54. The van der Waals surface area contributed by atoms with Crippen LogP contribution in [0.5, 0.6) is 0 Å². The molecule has 0 aliphatic rings. The van der Waals surface area contributed by atoms with E-state index >= 15 is 0 Å². The van der Waals surface area contributed by atoms with E-state index in [0.717, 1.165) is 12.0 Å². The van der Waals surface area contributed by atoms with Gasteiger partial charge in [0.05, 0.1) is 19.1 Å². The van der Waals surface area contributed by atoms with Crippen LogP contribution in [-0.2, 0) is 14.3 Å². The number of rotatable bonds is 10. The van der Waals surface area contributed by atoms with Crippen LogP contribution < -0.4 is 10.6 Å². The fraction of sp³-hybridized carbons (Fsp3) is 0.529.